The summed E-state index contributed by atoms with van der Waals surface area (Å²) in [5, 5.41) is 15.1. The molecule has 0 radical (unpaired) electrons. The Morgan fingerprint density at radius 1 is 1.26 bits per heavy atom. The van der Waals surface area contributed by atoms with E-state index in [1.54, 1.807) is 30.5 Å². The fraction of sp³-hybridized carbons (Fsp3) is 0.0952. The number of primary amides is 1. The minimum atomic E-state index is -0.531. The maximum atomic E-state index is 11.5. The van der Waals surface area contributed by atoms with Gasteiger partial charge in [-0.05, 0) is 31.5 Å². The zero-order chi connectivity index (χ0) is 19.4. The van der Waals surface area contributed by atoms with E-state index < -0.39 is 5.91 Å². The number of nitrogens with one attached hydrogen (secondary N) is 1. The lowest BCUT2D eigenvalue weighted by Gasteiger charge is -2.06. The van der Waals surface area contributed by atoms with Crippen LogP contribution in [-0.2, 0) is 0 Å². The molecular formula is C21H18N4OS. The van der Waals surface area contributed by atoms with Crippen LogP contribution in [0.5, 0.6) is 0 Å². The minimum absolute atomic E-state index is 0.362. The van der Waals surface area contributed by atoms with Gasteiger partial charge in [-0.1, -0.05) is 35.9 Å². The van der Waals surface area contributed by atoms with E-state index in [1.165, 1.54) is 16.9 Å². The van der Waals surface area contributed by atoms with Crippen LogP contribution in [0.4, 0.5) is 5.69 Å². The Balaban J connectivity index is 1.89. The first-order valence-corrected chi connectivity index (χ1v) is 9.16. The molecule has 0 bridgehead atoms. The molecule has 0 unspecified atom stereocenters. The molecule has 0 spiro atoms. The van der Waals surface area contributed by atoms with Crippen molar-refractivity contribution in [1.29, 1.82) is 5.26 Å². The van der Waals surface area contributed by atoms with Crippen LogP contribution >= 0.6 is 11.3 Å². The lowest BCUT2D eigenvalue weighted by molar-refractivity contribution is 0.100. The van der Waals surface area contributed by atoms with Gasteiger partial charge in [0, 0.05) is 17.1 Å². The summed E-state index contributed by atoms with van der Waals surface area (Å²) >= 11 is 1.40. The van der Waals surface area contributed by atoms with Crippen LogP contribution in [0.25, 0.3) is 16.8 Å². The summed E-state index contributed by atoms with van der Waals surface area (Å²) in [6.07, 6.45) is 1.55. The monoisotopic (exact) mass is 374 g/mol. The Labute approximate surface area is 161 Å². The summed E-state index contributed by atoms with van der Waals surface area (Å²) in [7, 11) is 0. The predicted octanol–water partition coefficient (Wildman–Crippen LogP) is 4.50. The number of nitrogens with zero attached hydrogens (tertiary/aromatic N) is 2. The van der Waals surface area contributed by atoms with Crippen molar-refractivity contribution < 1.29 is 4.79 Å². The van der Waals surface area contributed by atoms with Crippen molar-refractivity contribution >= 4 is 28.5 Å². The summed E-state index contributed by atoms with van der Waals surface area (Å²) in [6.45, 7) is 4.10. The summed E-state index contributed by atoms with van der Waals surface area (Å²) in [5.74, 6) is -0.531. The zero-order valence-electron chi connectivity index (χ0n) is 15.0. The highest BCUT2D eigenvalue weighted by molar-refractivity contribution is 7.11. The molecule has 5 nitrogen and oxygen atoms in total. The number of hydrogen-bond donors (Lipinski definition) is 2. The van der Waals surface area contributed by atoms with Gasteiger partial charge in [-0.25, -0.2) is 4.98 Å². The van der Waals surface area contributed by atoms with Gasteiger partial charge in [0.1, 0.15) is 16.6 Å². The van der Waals surface area contributed by atoms with Gasteiger partial charge in [0.15, 0.2) is 0 Å². The average molecular weight is 374 g/mol. The smallest absolute Gasteiger partial charge is 0.250 e. The average Bonchev–Trinajstić information content (AvgIpc) is 3.12. The third-order valence-electron chi connectivity index (χ3n) is 4.08. The number of para-hydroxylation sites is 1. The van der Waals surface area contributed by atoms with E-state index in [2.05, 4.69) is 29.4 Å². The number of aryl methyl sites for hydroxylation is 2. The van der Waals surface area contributed by atoms with Gasteiger partial charge in [0.2, 0.25) is 0 Å². The van der Waals surface area contributed by atoms with Crippen LogP contribution in [0.1, 0.15) is 26.5 Å². The number of rotatable bonds is 5. The SMILES string of the molecule is Cc1ccc(-c2csc(C(C#N)=CNc3ccccc3C(N)=O)n2)c(C)c1. The van der Waals surface area contributed by atoms with Crippen molar-refractivity contribution in [2.24, 2.45) is 5.73 Å². The van der Waals surface area contributed by atoms with Crippen molar-refractivity contribution in [3.8, 4) is 17.3 Å². The number of benzene rings is 2. The second-order valence-corrected chi connectivity index (χ2v) is 6.94. The first kappa shape index (κ1) is 18.4. The number of nitrogens with two attached hydrogens (primary N) is 1. The van der Waals surface area contributed by atoms with Crippen molar-refractivity contribution in [2.45, 2.75) is 13.8 Å². The molecule has 1 amide bonds. The first-order chi connectivity index (χ1) is 13.0. The number of nitriles is 1. The van der Waals surface area contributed by atoms with Gasteiger partial charge in [0.25, 0.3) is 5.91 Å². The normalized spacial score (nSPS) is 11.1. The molecule has 3 N–H and O–H groups in total. The second-order valence-electron chi connectivity index (χ2n) is 6.08. The molecule has 134 valence electrons. The van der Waals surface area contributed by atoms with E-state index in [1.807, 2.05) is 24.4 Å². The van der Waals surface area contributed by atoms with Crippen molar-refractivity contribution in [3.63, 3.8) is 0 Å². The molecular weight excluding hydrogens is 356 g/mol. The number of amides is 1. The molecule has 3 aromatic rings. The maximum absolute atomic E-state index is 11.5. The lowest BCUT2D eigenvalue weighted by atomic mass is 10.0. The number of carbonyl (C=O) groups excluding carboxylic acids is 1. The molecule has 0 aliphatic heterocycles. The Bertz CT molecular complexity index is 1080. The standard InChI is InChI=1S/C21H18N4OS/c1-13-7-8-16(14(2)9-13)19-12-27-21(25-19)15(10-22)11-24-18-6-4-3-5-17(18)20(23)26/h3-9,11-12,24H,1-2H3,(H2,23,26). The molecule has 3 rings (SSSR count). The van der Waals surface area contributed by atoms with E-state index in [-0.39, 0.29) is 0 Å². The molecule has 27 heavy (non-hydrogen) atoms. The number of thiazole rings is 1. The van der Waals surface area contributed by atoms with Crippen molar-refractivity contribution in [3.05, 3.63) is 75.7 Å². The third kappa shape index (κ3) is 4.05. The molecule has 1 aromatic heterocycles. The molecule has 0 saturated heterocycles. The molecule has 0 fully saturated rings. The molecule has 0 aliphatic carbocycles. The highest BCUT2D eigenvalue weighted by Gasteiger charge is 2.11. The number of aromatic nitrogens is 1. The third-order valence-corrected chi connectivity index (χ3v) is 4.95. The van der Waals surface area contributed by atoms with Gasteiger partial charge in [-0.3, -0.25) is 4.79 Å². The summed E-state index contributed by atoms with van der Waals surface area (Å²) < 4.78 is 0. The molecule has 0 saturated carbocycles. The van der Waals surface area contributed by atoms with E-state index in [0.717, 1.165) is 16.8 Å². The Morgan fingerprint density at radius 2 is 2.04 bits per heavy atom. The van der Waals surface area contributed by atoms with Crippen LogP contribution < -0.4 is 11.1 Å². The quantitative estimate of drug-likeness (QED) is 0.643. The van der Waals surface area contributed by atoms with Gasteiger partial charge in [0.05, 0.1) is 16.9 Å². The van der Waals surface area contributed by atoms with Crippen LogP contribution in [0, 0.1) is 25.2 Å². The number of hydrogen-bond acceptors (Lipinski definition) is 5. The Morgan fingerprint density at radius 3 is 2.74 bits per heavy atom. The van der Waals surface area contributed by atoms with E-state index in [9.17, 15) is 10.1 Å². The van der Waals surface area contributed by atoms with Crippen LogP contribution in [0.2, 0.25) is 0 Å². The zero-order valence-corrected chi connectivity index (χ0v) is 15.8. The van der Waals surface area contributed by atoms with Crippen molar-refractivity contribution in [1.82, 2.24) is 4.98 Å². The lowest BCUT2D eigenvalue weighted by Crippen LogP contribution is -2.13. The van der Waals surface area contributed by atoms with Crippen LogP contribution in [0.15, 0.2) is 54.0 Å². The van der Waals surface area contributed by atoms with Gasteiger partial charge >= 0.3 is 0 Å². The molecule has 0 aliphatic rings. The van der Waals surface area contributed by atoms with Crippen LogP contribution in [-0.4, -0.2) is 10.9 Å². The highest BCUT2D eigenvalue weighted by atomic mass is 32.1. The summed E-state index contributed by atoms with van der Waals surface area (Å²) in [6, 6.07) is 15.2. The molecule has 1 heterocycles. The largest absolute Gasteiger partial charge is 0.366 e. The van der Waals surface area contributed by atoms with Gasteiger partial charge < -0.3 is 11.1 Å². The fourth-order valence-electron chi connectivity index (χ4n) is 2.74. The van der Waals surface area contributed by atoms with E-state index >= 15 is 0 Å². The van der Waals surface area contributed by atoms with Crippen molar-refractivity contribution in [2.75, 3.05) is 5.32 Å². The second kappa shape index (κ2) is 7.85. The number of allylic oxidation sites excluding steroid dienone is 1. The van der Waals surface area contributed by atoms with Gasteiger partial charge in [-0.2, -0.15) is 5.26 Å². The maximum Gasteiger partial charge on any atom is 0.250 e. The predicted molar refractivity (Wildman–Crippen MR) is 109 cm³/mol. The topological polar surface area (TPSA) is 91.8 Å². The van der Waals surface area contributed by atoms with Crippen LogP contribution in [0.3, 0.4) is 0 Å². The minimum Gasteiger partial charge on any atom is -0.366 e. The molecule has 6 heteroatoms. The Kier molecular flexibility index (Phi) is 5.34. The first-order valence-electron chi connectivity index (χ1n) is 8.28. The summed E-state index contributed by atoms with van der Waals surface area (Å²) in [4.78, 5) is 16.1. The Hall–Kier alpha value is -3.43. The highest BCUT2D eigenvalue weighted by Crippen LogP contribution is 2.28. The van der Waals surface area contributed by atoms with E-state index in [0.29, 0.717) is 21.8 Å². The fourth-order valence-corrected chi connectivity index (χ4v) is 3.52. The summed E-state index contributed by atoms with van der Waals surface area (Å²) in [5.41, 5.74) is 10.9. The number of carbonyl (C=O) groups is 1. The van der Waals surface area contributed by atoms with E-state index in [4.69, 9.17) is 5.73 Å². The van der Waals surface area contributed by atoms with Gasteiger partial charge in [-0.15, -0.1) is 11.3 Å². The molecule has 0 atom stereocenters. The number of anilines is 1. The molecule has 2 aromatic carbocycles.